The van der Waals surface area contributed by atoms with Crippen LogP contribution in [0.4, 0.5) is 0 Å². The maximum atomic E-state index is 12.3. The van der Waals surface area contributed by atoms with Gasteiger partial charge in [0.25, 0.3) is 0 Å². The summed E-state index contributed by atoms with van der Waals surface area (Å²) in [5.74, 6) is -0.0489. The molecule has 8 heteroatoms. The molecule has 0 aliphatic heterocycles. The Morgan fingerprint density at radius 2 is 1.52 bits per heavy atom. The van der Waals surface area contributed by atoms with Gasteiger partial charge in [-0.05, 0) is 35.9 Å². The summed E-state index contributed by atoms with van der Waals surface area (Å²) < 4.78 is 25.0. The first kappa shape index (κ1) is 22.4. The molecule has 0 spiro atoms. The average Bonchev–Trinajstić information content (AvgIpc) is 3.23. The Kier molecular flexibility index (Phi) is 6.39. The number of hydrogen-bond donors (Lipinski definition) is 1. The highest BCUT2D eigenvalue weighted by atomic mass is 32.2. The number of benzene rings is 3. The van der Waals surface area contributed by atoms with Crippen molar-refractivity contribution < 1.29 is 13.2 Å². The molecule has 4 aromatic rings. The maximum Gasteiger partial charge on any atom is 0.238 e. The van der Waals surface area contributed by atoms with Crippen LogP contribution in [0.15, 0.2) is 95.9 Å². The first-order chi connectivity index (χ1) is 15.8. The van der Waals surface area contributed by atoms with E-state index in [-0.39, 0.29) is 10.8 Å². The molecule has 33 heavy (non-hydrogen) atoms. The molecule has 168 valence electrons. The molecule has 0 aliphatic rings. The van der Waals surface area contributed by atoms with Gasteiger partial charge in [-0.15, -0.1) is 0 Å². The second-order valence-electron chi connectivity index (χ2n) is 7.70. The van der Waals surface area contributed by atoms with Crippen LogP contribution in [0.1, 0.15) is 18.2 Å². The van der Waals surface area contributed by atoms with Crippen molar-refractivity contribution in [1.29, 1.82) is 0 Å². The zero-order chi connectivity index (χ0) is 23.4. The SMILES string of the molecule is CC(=O)N(Cc1ccccc1)Cc1cc(-c2ccccc2)n(-c2ccc(S(N)(=O)=O)cc2)n1. The Bertz CT molecular complexity index is 1350. The van der Waals surface area contributed by atoms with Crippen LogP contribution in [0, 0.1) is 0 Å². The number of primary sulfonamides is 1. The standard InChI is InChI=1S/C25H24N4O3S/c1-19(30)28(17-20-8-4-2-5-9-20)18-22-16-25(21-10-6-3-7-11-21)29(27-22)23-12-14-24(15-13-23)33(26,31)32/h2-16H,17-18H2,1H3,(H2,26,31,32). The van der Waals surface area contributed by atoms with Crippen molar-refractivity contribution in [1.82, 2.24) is 14.7 Å². The first-order valence-corrected chi connectivity index (χ1v) is 11.9. The van der Waals surface area contributed by atoms with E-state index in [1.54, 1.807) is 28.6 Å². The van der Waals surface area contributed by atoms with Gasteiger partial charge in [0.05, 0.1) is 28.5 Å². The first-order valence-electron chi connectivity index (χ1n) is 10.4. The topological polar surface area (TPSA) is 98.3 Å². The van der Waals surface area contributed by atoms with Crippen LogP contribution in [0.3, 0.4) is 0 Å². The molecular formula is C25H24N4O3S. The Morgan fingerprint density at radius 1 is 0.909 bits per heavy atom. The average molecular weight is 461 g/mol. The summed E-state index contributed by atoms with van der Waals surface area (Å²) in [4.78, 5) is 14.1. The highest BCUT2D eigenvalue weighted by Crippen LogP contribution is 2.25. The number of hydrogen-bond acceptors (Lipinski definition) is 4. The maximum absolute atomic E-state index is 12.3. The van der Waals surface area contributed by atoms with E-state index in [4.69, 9.17) is 10.2 Å². The van der Waals surface area contributed by atoms with Gasteiger partial charge < -0.3 is 4.90 Å². The number of rotatable bonds is 7. The zero-order valence-corrected chi connectivity index (χ0v) is 18.9. The highest BCUT2D eigenvalue weighted by Gasteiger charge is 2.17. The molecule has 3 aromatic carbocycles. The van der Waals surface area contributed by atoms with Crippen LogP contribution in [-0.4, -0.2) is 29.0 Å². The van der Waals surface area contributed by atoms with E-state index in [0.717, 1.165) is 22.5 Å². The molecule has 0 unspecified atom stereocenters. The van der Waals surface area contributed by atoms with E-state index in [0.29, 0.717) is 18.8 Å². The molecule has 0 atom stereocenters. The summed E-state index contributed by atoms with van der Waals surface area (Å²) >= 11 is 0. The Balaban J connectivity index is 1.71. The molecule has 0 saturated heterocycles. The van der Waals surface area contributed by atoms with E-state index in [1.807, 2.05) is 66.7 Å². The Labute approximate surface area is 193 Å². The minimum absolute atomic E-state index is 0.0329. The third-order valence-electron chi connectivity index (χ3n) is 5.25. The number of aromatic nitrogens is 2. The molecule has 0 radical (unpaired) electrons. The third-order valence-corrected chi connectivity index (χ3v) is 6.18. The van der Waals surface area contributed by atoms with Crippen molar-refractivity contribution in [2.24, 2.45) is 5.14 Å². The van der Waals surface area contributed by atoms with Crippen molar-refractivity contribution in [3.8, 4) is 16.9 Å². The van der Waals surface area contributed by atoms with E-state index < -0.39 is 10.0 Å². The molecule has 0 aliphatic carbocycles. The lowest BCUT2D eigenvalue weighted by atomic mass is 10.1. The van der Waals surface area contributed by atoms with Crippen molar-refractivity contribution in [2.45, 2.75) is 24.9 Å². The van der Waals surface area contributed by atoms with Crippen LogP contribution >= 0.6 is 0 Å². The molecule has 0 saturated carbocycles. The monoisotopic (exact) mass is 460 g/mol. The molecule has 1 amide bonds. The molecule has 4 rings (SSSR count). The number of sulfonamides is 1. The summed E-state index contributed by atoms with van der Waals surface area (Å²) in [5, 5.41) is 9.98. The quantitative estimate of drug-likeness (QED) is 0.454. The molecule has 2 N–H and O–H groups in total. The Morgan fingerprint density at radius 3 is 2.09 bits per heavy atom. The van der Waals surface area contributed by atoms with Crippen molar-refractivity contribution in [3.63, 3.8) is 0 Å². The predicted octanol–water partition coefficient (Wildman–Crippen LogP) is 3.74. The number of nitrogens with two attached hydrogens (primary N) is 1. The van der Waals surface area contributed by atoms with Gasteiger partial charge in [0.15, 0.2) is 0 Å². The van der Waals surface area contributed by atoms with Gasteiger partial charge in [0, 0.05) is 19.0 Å². The van der Waals surface area contributed by atoms with Gasteiger partial charge in [-0.1, -0.05) is 60.7 Å². The minimum atomic E-state index is -3.79. The van der Waals surface area contributed by atoms with Crippen LogP contribution in [0.25, 0.3) is 16.9 Å². The lowest BCUT2D eigenvalue weighted by Gasteiger charge is -2.20. The van der Waals surface area contributed by atoms with Gasteiger partial charge in [0.2, 0.25) is 15.9 Å². The number of amides is 1. The molecule has 1 heterocycles. The number of carbonyl (C=O) groups is 1. The van der Waals surface area contributed by atoms with E-state index in [2.05, 4.69) is 0 Å². The predicted molar refractivity (Wildman–Crippen MR) is 127 cm³/mol. The van der Waals surface area contributed by atoms with Gasteiger partial charge in [-0.3, -0.25) is 4.79 Å². The fraction of sp³-hybridized carbons (Fsp3) is 0.120. The Hall–Kier alpha value is -3.75. The van der Waals surface area contributed by atoms with Gasteiger partial charge in [-0.25, -0.2) is 18.2 Å². The zero-order valence-electron chi connectivity index (χ0n) is 18.1. The molecule has 7 nitrogen and oxygen atoms in total. The van der Waals surface area contributed by atoms with Gasteiger partial charge in [-0.2, -0.15) is 5.10 Å². The normalized spacial score (nSPS) is 11.3. The second kappa shape index (κ2) is 9.40. The fourth-order valence-corrected chi connectivity index (χ4v) is 4.09. The van der Waals surface area contributed by atoms with Crippen LogP contribution < -0.4 is 5.14 Å². The lowest BCUT2D eigenvalue weighted by Crippen LogP contribution is -2.27. The fourth-order valence-electron chi connectivity index (χ4n) is 3.57. The minimum Gasteiger partial charge on any atom is -0.333 e. The largest absolute Gasteiger partial charge is 0.333 e. The van der Waals surface area contributed by atoms with Crippen LogP contribution in [0.5, 0.6) is 0 Å². The highest BCUT2D eigenvalue weighted by molar-refractivity contribution is 7.89. The van der Waals surface area contributed by atoms with E-state index in [1.165, 1.54) is 12.1 Å². The van der Waals surface area contributed by atoms with Crippen molar-refractivity contribution >= 4 is 15.9 Å². The summed E-state index contributed by atoms with van der Waals surface area (Å²) in [7, 11) is -3.79. The summed E-state index contributed by atoms with van der Waals surface area (Å²) in [6.45, 7) is 2.36. The number of nitrogens with zero attached hydrogens (tertiary/aromatic N) is 3. The van der Waals surface area contributed by atoms with Gasteiger partial charge in [0.1, 0.15) is 0 Å². The number of carbonyl (C=O) groups excluding carboxylic acids is 1. The summed E-state index contributed by atoms with van der Waals surface area (Å²) in [6, 6.07) is 27.7. The summed E-state index contributed by atoms with van der Waals surface area (Å²) in [6.07, 6.45) is 0. The van der Waals surface area contributed by atoms with E-state index in [9.17, 15) is 13.2 Å². The van der Waals surface area contributed by atoms with Crippen LogP contribution in [0.2, 0.25) is 0 Å². The summed E-state index contributed by atoms with van der Waals surface area (Å²) in [5.41, 5.74) is 4.22. The lowest BCUT2D eigenvalue weighted by molar-refractivity contribution is -0.130. The molecule has 0 bridgehead atoms. The smallest absolute Gasteiger partial charge is 0.238 e. The van der Waals surface area contributed by atoms with Crippen molar-refractivity contribution in [2.75, 3.05) is 0 Å². The van der Waals surface area contributed by atoms with Gasteiger partial charge >= 0.3 is 0 Å². The van der Waals surface area contributed by atoms with Crippen LogP contribution in [-0.2, 0) is 27.9 Å². The molecule has 1 aromatic heterocycles. The second-order valence-corrected chi connectivity index (χ2v) is 9.26. The third kappa shape index (κ3) is 5.36. The molecule has 0 fully saturated rings. The molecular weight excluding hydrogens is 436 g/mol. The van der Waals surface area contributed by atoms with E-state index >= 15 is 0 Å². The van der Waals surface area contributed by atoms with Crippen molar-refractivity contribution in [3.05, 3.63) is 102 Å².